The first-order chi connectivity index (χ1) is 13.1. The normalized spacial score (nSPS) is 11.4. The number of amides is 2. The second-order valence-electron chi connectivity index (χ2n) is 5.87. The molecule has 2 aromatic carbocycles. The van der Waals surface area contributed by atoms with Crippen molar-refractivity contribution in [2.75, 3.05) is 27.3 Å². The van der Waals surface area contributed by atoms with Crippen LogP contribution in [0.3, 0.4) is 0 Å². The van der Waals surface area contributed by atoms with E-state index in [0.29, 0.717) is 24.6 Å². The third-order valence-corrected chi connectivity index (χ3v) is 4.39. The molecule has 0 radical (unpaired) electrons. The molecule has 0 aliphatic heterocycles. The van der Waals surface area contributed by atoms with Crippen molar-refractivity contribution in [2.24, 2.45) is 0 Å². The summed E-state index contributed by atoms with van der Waals surface area (Å²) in [6.45, 7) is 4.95. The monoisotopic (exact) mass is 370 g/mol. The molecule has 0 aromatic heterocycles. The molecule has 0 aliphatic rings. The maximum atomic E-state index is 13.0. The molecular weight excluding hydrogens is 344 g/mol. The molecule has 1 N–H and O–H groups in total. The number of ether oxygens (including phenoxy) is 2. The van der Waals surface area contributed by atoms with Crippen molar-refractivity contribution in [3.63, 3.8) is 0 Å². The van der Waals surface area contributed by atoms with Crippen molar-refractivity contribution in [1.82, 2.24) is 10.2 Å². The van der Waals surface area contributed by atoms with Crippen LogP contribution in [0.25, 0.3) is 0 Å². The molecule has 2 amide bonds. The fourth-order valence-corrected chi connectivity index (χ4v) is 2.93. The molecule has 0 fully saturated rings. The molecule has 6 heteroatoms. The summed E-state index contributed by atoms with van der Waals surface area (Å²) in [5, 5.41) is 2.86. The smallest absolute Gasteiger partial charge is 0.259 e. The van der Waals surface area contributed by atoms with Gasteiger partial charge in [0.1, 0.15) is 23.1 Å². The number of hydrogen-bond acceptors (Lipinski definition) is 4. The third-order valence-electron chi connectivity index (χ3n) is 4.39. The summed E-state index contributed by atoms with van der Waals surface area (Å²) < 4.78 is 10.6. The van der Waals surface area contributed by atoms with Crippen LogP contribution in [0.15, 0.2) is 48.5 Å². The maximum Gasteiger partial charge on any atom is 0.259 e. The fourth-order valence-electron chi connectivity index (χ4n) is 2.93. The lowest BCUT2D eigenvalue weighted by atomic mass is 10.0. The van der Waals surface area contributed by atoms with Gasteiger partial charge in [0, 0.05) is 13.1 Å². The predicted molar refractivity (Wildman–Crippen MR) is 104 cm³/mol. The zero-order chi connectivity index (χ0) is 19.8. The minimum Gasteiger partial charge on any atom is -0.496 e. The van der Waals surface area contributed by atoms with Crippen molar-refractivity contribution in [1.29, 1.82) is 0 Å². The topological polar surface area (TPSA) is 67.9 Å². The molecule has 0 saturated heterocycles. The molecule has 144 valence electrons. The second kappa shape index (κ2) is 9.62. The molecule has 1 atom stereocenters. The number of carbonyl (C=O) groups is 2. The second-order valence-corrected chi connectivity index (χ2v) is 5.87. The number of nitrogens with zero attached hydrogens (tertiary/aromatic N) is 1. The minimum absolute atomic E-state index is 0.159. The molecule has 27 heavy (non-hydrogen) atoms. The predicted octanol–water partition coefficient (Wildman–Crippen LogP) is 3.04. The SMILES string of the molecule is CCN(CC)C(=O)[C@@H](NC(=O)c1c(OC)cccc1OC)c1ccccc1. The number of likely N-dealkylation sites (N-methyl/N-ethyl adjacent to an activating group) is 1. The third kappa shape index (κ3) is 4.58. The molecule has 0 bridgehead atoms. The minimum atomic E-state index is -0.798. The van der Waals surface area contributed by atoms with E-state index in [1.807, 2.05) is 44.2 Å². The van der Waals surface area contributed by atoms with Gasteiger partial charge in [-0.2, -0.15) is 0 Å². The van der Waals surface area contributed by atoms with Crippen LogP contribution >= 0.6 is 0 Å². The lowest BCUT2D eigenvalue weighted by molar-refractivity contribution is -0.133. The average molecular weight is 370 g/mol. The van der Waals surface area contributed by atoms with Crippen LogP contribution in [0, 0.1) is 0 Å². The highest BCUT2D eigenvalue weighted by atomic mass is 16.5. The lowest BCUT2D eigenvalue weighted by Gasteiger charge is -2.26. The van der Waals surface area contributed by atoms with Gasteiger partial charge in [0.2, 0.25) is 5.91 Å². The number of nitrogens with one attached hydrogen (secondary N) is 1. The van der Waals surface area contributed by atoms with Crippen LogP contribution in [-0.2, 0) is 4.79 Å². The molecule has 0 unspecified atom stereocenters. The molecule has 0 heterocycles. The summed E-state index contributed by atoms with van der Waals surface area (Å²) in [4.78, 5) is 27.8. The van der Waals surface area contributed by atoms with Crippen molar-refractivity contribution < 1.29 is 19.1 Å². The molecule has 6 nitrogen and oxygen atoms in total. The quantitative estimate of drug-likeness (QED) is 0.776. The maximum absolute atomic E-state index is 13.0. The van der Waals surface area contributed by atoms with Gasteiger partial charge in [-0.1, -0.05) is 36.4 Å². The Morgan fingerprint density at radius 1 is 0.926 bits per heavy atom. The largest absolute Gasteiger partial charge is 0.496 e. The van der Waals surface area contributed by atoms with Gasteiger partial charge >= 0.3 is 0 Å². The Bertz CT molecular complexity index is 751. The van der Waals surface area contributed by atoms with Crippen molar-refractivity contribution in [3.8, 4) is 11.5 Å². The van der Waals surface area contributed by atoms with Crippen molar-refractivity contribution in [2.45, 2.75) is 19.9 Å². The number of methoxy groups -OCH3 is 2. The molecule has 2 aromatic rings. The van der Waals surface area contributed by atoms with E-state index in [1.54, 1.807) is 23.1 Å². The van der Waals surface area contributed by atoms with E-state index in [9.17, 15) is 9.59 Å². The van der Waals surface area contributed by atoms with Gasteiger partial charge in [-0.25, -0.2) is 0 Å². The van der Waals surface area contributed by atoms with Crippen LogP contribution < -0.4 is 14.8 Å². The number of carbonyl (C=O) groups excluding carboxylic acids is 2. The highest BCUT2D eigenvalue weighted by molar-refractivity contribution is 6.02. The van der Waals surface area contributed by atoms with Gasteiger partial charge in [0.05, 0.1) is 14.2 Å². The Morgan fingerprint density at radius 2 is 1.48 bits per heavy atom. The fraction of sp³-hybridized carbons (Fsp3) is 0.333. The molecule has 2 rings (SSSR count). The van der Waals surface area contributed by atoms with E-state index < -0.39 is 11.9 Å². The van der Waals surface area contributed by atoms with Crippen LogP contribution in [0.4, 0.5) is 0 Å². The standard InChI is InChI=1S/C21H26N2O4/c1-5-23(6-2)21(25)19(15-11-8-7-9-12-15)22-20(24)18-16(26-3)13-10-14-17(18)27-4/h7-14,19H,5-6H2,1-4H3,(H,22,24)/t19-/m0/s1. The van der Waals surface area contributed by atoms with Crippen LogP contribution in [-0.4, -0.2) is 44.0 Å². The summed E-state index contributed by atoms with van der Waals surface area (Å²) in [7, 11) is 2.97. The first kappa shape index (κ1) is 20.3. The summed E-state index contributed by atoms with van der Waals surface area (Å²) in [5.74, 6) is 0.176. The Balaban J connectivity index is 2.42. The first-order valence-electron chi connectivity index (χ1n) is 8.92. The molecule has 0 spiro atoms. The average Bonchev–Trinajstić information content (AvgIpc) is 2.72. The Kier molecular flexibility index (Phi) is 7.23. The molecular formula is C21H26N2O4. The Morgan fingerprint density at radius 3 is 1.96 bits per heavy atom. The van der Waals surface area contributed by atoms with Gasteiger partial charge in [-0.15, -0.1) is 0 Å². The van der Waals surface area contributed by atoms with E-state index in [1.165, 1.54) is 14.2 Å². The van der Waals surface area contributed by atoms with E-state index in [2.05, 4.69) is 5.32 Å². The summed E-state index contributed by atoms with van der Waals surface area (Å²) >= 11 is 0. The number of hydrogen-bond donors (Lipinski definition) is 1. The van der Waals surface area contributed by atoms with Gasteiger partial charge in [0.15, 0.2) is 0 Å². The van der Waals surface area contributed by atoms with Gasteiger partial charge in [-0.05, 0) is 31.5 Å². The highest BCUT2D eigenvalue weighted by Gasteiger charge is 2.28. The summed E-state index contributed by atoms with van der Waals surface area (Å²) in [6.07, 6.45) is 0. The Labute approximate surface area is 160 Å². The van der Waals surface area contributed by atoms with Gasteiger partial charge < -0.3 is 19.7 Å². The zero-order valence-electron chi connectivity index (χ0n) is 16.2. The first-order valence-corrected chi connectivity index (χ1v) is 8.92. The van der Waals surface area contributed by atoms with E-state index in [4.69, 9.17) is 9.47 Å². The van der Waals surface area contributed by atoms with E-state index in [-0.39, 0.29) is 11.5 Å². The molecule has 0 aliphatic carbocycles. The number of benzene rings is 2. The van der Waals surface area contributed by atoms with Crippen LogP contribution in [0.1, 0.15) is 35.8 Å². The van der Waals surface area contributed by atoms with Crippen molar-refractivity contribution >= 4 is 11.8 Å². The van der Waals surface area contributed by atoms with Crippen LogP contribution in [0.2, 0.25) is 0 Å². The van der Waals surface area contributed by atoms with Gasteiger partial charge in [-0.3, -0.25) is 9.59 Å². The van der Waals surface area contributed by atoms with E-state index >= 15 is 0 Å². The summed E-state index contributed by atoms with van der Waals surface area (Å²) in [6, 6.07) is 13.5. The lowest BCUT2D eigenvalue weighted by Crippen LogP contribution is -2.43. The van der Waals surface area contributed by atoms with Gasteiger partial charge in [0.25, 0.3) is 5.91 Å². The van der Waals surface area contributed by atoms with Crippen LogP contribution in [0.5, 0.6) is 11.5 Å². The molecule has 0 saturated carbocycles. The van der Waals surface area contributed by atoms with Crippen molar-refractivity contribution in [3.05, 3.63) is 59.7 Å². The summed E-state index contributed by atoms with van der Waals surface area (Å²) in [5.41, 5.74) is 0.979. The zero-order valence-corrected chi connectivity index (χ0v) is 16.2. The Hall–Kier alpha value is -3.02. The number of rotatable bonds is 8. The van der Waals surface area contributed by atoms with E-state index in [0.717, 1.165) is 5.56 Å². The highest BCUT2D eigenvalue weighted by Crippen LogP contribution is 2.29.